The van der Waals surface area contributed by atoms with E-state index in [9.17, 15) is 4.79 Å². The largest absolute Gasteiger partial charge is 0.393 e. The van der Waals surface area contributed by atoms with Crippen LogP contribution < -0.4 is 16.0 Å². The molecule has 0 fully saturated rings. The predicted octanol–water partition coefficient (Wildman–Crippen LogP) is 1.25. The third-order valence-electron chi connectivity index (χ3n) is 3.28. The molecule has 0 saturated carbocycles. The Labute approximate surface area is 111 Å². The maximum absolute atomic E-state index is 11.2. The highest BCUT2D eigenvalue weighted by molar-refractivity contribution is 5.94. The minimum Gasteiger partial charge on any atom is -0.393 e. The summed E-state index contributed by atoms with van der Waals surface area (Å²) < 4.78 is 1.74. The lowest BCUT2D eigenvalue weighted by molar-refractivity contribution is -0.664. The van der Waals surface area contributed by atoms with Crippen molar-refractivity contribution in [2.24, 2.45) is 7.05 Å². The average molecular weight is 257 g/mol. The summed E-state index contributed by atoms with van der Waals surface area (Å²) in [6.45, 7) is 3.42. The molecule has 0 atom stereocenters. The van der Waals surface area contributed by atoms with Crippen molar-refractivity contribution >= 4 is 17.4 Å². The van der Waals surface area contributed by atoms with E-state index in [0.29, 0.717) is 22.9 Å². The number of nitrogens with zero attached hydrogens (tertiary/aromatic N) is 2. The summed E-state index contributed by atoms with van der Waals surface area (Å²) in [6, 6.07) is 7.18. The van der Waals surface area contributed by atoms with Crippen molar-refractivity contribution in [2.75, 3.05) is 11.5 Å². The third kappa shape index (κ3) is 2.27. The molecule has 0 radical (unpaired) electrons. The quantitative estimate of drug-likeness (QED) is 0.626. The van der Waals surface area contributed by atoms with E-state index in [4.69, 9.17) is 11.5 Å². The third-order valence-corrected chi connectivity index (χ3v) is 3.28. The van der Waals surface area contributed by atoms with Crippen molar-refractivity contribution in [3.63, 3.8) is 0 Å². The minimum absolute atomic E-state index is 0.0302. The summed E-state index contributed by atoms with van der Waals surface area (Å²) in [5, 5.41) is 0. The second-order valence-electron chi connectivity index (χ2n) is 4.51. The van der Waals surface area contributed by atoms with E-state index in [1.54, 1.807) is 16.7 Å². The number of nitrogen functional groups attached to an aromatic ring is 2. The number of aromatic nitrogens is 2. The van der Waals surface area contributed by atoms with Crippen LogP contribution in [-0.4, -0.2) is 10.8 Å². The minimum atomic E-state index is 0.0302. The number of rotatable bonds is 2. The van der Waals surface area contributed by atoms with Crippen LogP contribution in [0.4, 0.5) is 11.6 Å². The Kier molecular flexibility index (Phi) is 3.21. The normalized spacial score (nSPS) is 10.5. The van der Waals surface area contributed by atoms with E-state index in [0.717, 1.165) is 11.3 Å². The van der Waals surface area contributed by atoms with Crippen LogP contribution in [0.1, 0.15) is 23.0 Å². The van der Waals surface area contributed by atoms with Gasteiger partial charge in [-0.3, -0.25) is 10.5 Å². The van der Waals surface area contributed by atoms with Crippen LogP contribution in [0.2, 0.25) is 0 Å². The number of Topliss-reactive ketones (excluding diaryl/α,β-unsaturated/α-hetero) is 1. The molecule has 1 aromatic heterocycles. The second kappa shape index (κ2) is 4.68. The van der Waals surface area contributed by atoms with Crippen LogP contribution in [0.5, 0.6) is 0 Å². The zero-order valence-electron chi connectivity index (χ0n) is 11.3. The highest BCUT2D eigenvalue weighted by atomic mass is 16.1. The van der Waals surface area contributed by atoms with Gasteiger partial charge in [-0.1, -0.05) is 29.2 Å². The molecule has 0 aliphatic heterocycles. The fraction of sp³-hybridized carbons (Fsp3) is 0.214. The first-order valence-corrected chi connectivity index (χ1v) is 5.94. The predicted molar refractivity (Wildman–Crippen MR) is 74.4 cm³/mol. The molecule has 19 heavy (non-hydrogen) atoms. The highest BCUT2D eigenvalue weighted by Crippen LogP contribution is 2.25. The molecule has 2 rings (SSSR count). The van der Waals surface area contributed by atoms with Gasteiger partial charge in [-0.2, -0.15) is 0 Å². The summed E-state index contributed by atoms with van der Waals surface area (Å²) in [4.78, 5) is 15.6. The zero-order chi connectivity index (χ0) is 14.2. The fourth-order valence-corrected chi connectivity index (χ4v) is 1.86. The molecule has 4 N–H and O–H groups in total. The summed E-state index contributed by atoms with van der Waals surface area (Å²) in [5.41, 5.74) is 15.5. The van der Waals surface area contributed by atoms with Gasteiger partial charge in [0.15, 0.2) is 11.5 Å². The summed E-state index contributed by atoms with van der Waals surface area (Å²) in [7, 11) is 1.82. The molecule has 0 aliphatic carbocycles. The monoisotopic (exact) mass is 257 g/mol. The van der Waals surface area contributed by atoms with Crippen LogP contribution in [0, 0.1) is 6.92 Å². The molecular weight excluding hydrogens is 240 g/mol. The number of carbonyl (C=O) groups excluding carboxylic acids is 1. The van der Waals surface area contributed by atoms with Crippen molar-refractivity contribution in [1.29, 1.82) is 0 Å². The molecule has 5 heteroatoms. The Hall–Kier alpha value is -2.43. The number of nitrogens with two attached hydrogens (primary N) is 2. The molecule has 0 spiro atoms. The van der Waals surface area contributed by atoms with Gasteiger partial charge >= 0.3 is 5.95 Å². The van der Waals surface area contributed by atoms with E-state index < -0.39 is 0 Å². The first-order chi connectivity index (χ1) is 8.91. The SMILES string of the molecule is CC(=O)c1ccc(-c2nc(N)[n+](C)c(C)c2N)cc1. The maximum atomic E-state index is 11.2. The Morgan fingerprint density at radius 1 is 1.21 bits per heavy atom. The van der Waals surface area contributed by atoms with E-state index in [2.05, 4.69) is 4.98 Å². The molecule has 0 saturated heterocycles. The number of hydrogen-bond donors (Lipinski definition) is 2. The van der Waals surface area contributed by atoms with Crippen molar-refractivity contribution in [1.82, 2.24) is 4.98 Å². The molecule has 0 aliphatic rings. The van der Waals surface area contributed by atoms with Gasteiger partial charge < -0.3 is 5.73 Å². The summed E-state index contributed by atoms with van der Waals surface area (Å²) in [5.74, 6) is 0.431. The first-order valence-electron chi connectivity index (χ1n) is 5.94. The first kappa shape index (κ1) is 13.0. The van der Waals surface area contributed by atoms with Gasteiger partial charge in [-0.15, -0.1) is 0 Å². The number of carbonyl (C=O) groups is 1. The standard InChI is InChI=1S/C14H16N4O/c1-8-12(15)13(17-14(16)18(8)3)11-6-4-10(5-7-11)9(2)19/h4-7,16H,15H2,1-3H3/p+1. The number of benzene rings is 1. The molecular formula is C14H17N4O+. The van der Waals surface area contributed by atoms with Crippen LogP contribution in [-0.2, 0) is 7.05 Å². The molecule has 0 unspecified atom stereocenters. The van der Waals surface area contributed by atoms with Crippen LogP contribution in [0.3, 0.4) is 0 Å². The van der Waals surface area contributed by atoms with Crippen molar-refractivity contribution < 1.29 is 9.36 Å². The van der Waals surface area contributed by atoms with E-state index >= 15 is 0 Å². The van der Waals surface area contributed by atoms with Gasteiger partial charge in [0.25, 0.3) is 0 Å². The van der Waals surface area contributed by atoms with Gasteiger partial charge in [-0.25, -0.2) is 4.57 Å². The lowest BCUT2D eigenvalue weighted by Gasteiger charge is -2.08. The van der Waals surface area contributed by atoms with Crippen LogP contribution in [0.25, 0.3) is 11.3 Å². The topological polar surface area (TPSA) is 85.9 Å². The van der Waals surface area contributed by atoms with Crippen molar-refractivity contribution in [3.8, 4) is 11.3 Å². The maximum Gasteiger partial charge on any atom is 0.389 e. The highest BCUT2D eigenvalue weighted by Gasteiger charge is 2.18. The van der Waals surface area contributed by atoms with Gasteiger partial charge in [0, 0.05) is 11.1 Å². The Balaban J connectivity index is 2.56. The van der Waals surface area contributed by atoms with E-state index in [1.165, 1.54) is 6.92 Å². The Morgan fingerprint density at radius 3 is 2.32 bits per heavy atom. The average Bonchev–Trinajstić information content (AvgIpc) is 2.40. The molecule has 98 valence electrons. The molecule has 0 amide bonds. The van der Waals surface area contributed by atoms with E-state index in [1.807, 2.05) is 26.1 Å². The fourth-order valence-electron chi connectivity index (χ4n) is 1.86. The molecule has 1 heterocycles. The summed E-state index contributed by atoms with van der Waals surface area (Å²) in [6.07, 6.45) is 0. The Bertz CT molecular complexity index is 647. The second-order valence-corrected chi connectivity index (χ2v) is 4.51. The molecule has 0 bridgehead atoms. The number of hydrogen-bond acceptors (Lipinski definition) is 4. The molecule has 5 nitrogen and oxygen atoms in total. The van der Waals surface area contributed by atoms with Crippen molar-refractivity contribution in [3.05, 3.63) is 35.5 Å². The lowest BCUT2D eigenvalue weighted by Crippen LogP contribution is -2.38. The molecule has 1 aromatic carbocycles. The van der Waals surface area contributed by atoms with Gasteiger partial charge in [0.1, 0.15) is 11.4 Å². The Morgan fingerprint density at radius 2 is 1.79 bits per heavy atom. The van der Waals surface area contributed by atoms with E-state index in [-0.39, 0.29) is 5.78 Å². The van der Waals surface area contributed by atoms with Gasteiger partial charge in [-0.05, 0) is 13.8 Å². The smallest absolute Gasteiger partial charge is 0.389 e. The van der Waals surface area contributed by atoms with Gasteiger partial charge in [0.2, 0.25) is 0 Å². The lowest BCUT2D eigenvalue weighted by atomic mass is 10.1. The van der Waals surface area contributed by atoms with Crippen molar-refractivity contribution in [2.45, 2.75) is 13.8 Å². The zero-order valence-corrected chi connectivity index (χ0v) is 11.3. The molecule has 2 aromatic rings. The summed E-state index contributed by atoms with van der Waals surface area (Å²) >= 11 is 0. The van der Waals surface area contributed by atoms with Crippen LogP contribution in [0.15, 0.2) is 24.3 Å². The number of ketones is 1. The number of anilines is 2. The van der Waals surface area contributed by atoms with Crippen LogP contribution >= 0.6 is 0 Å². The van der Waals surface area contributed by atoms with Gasteiger partial charge in [0.05, 0.1) is 7.05 Å².